The van der Waals surface area contributed by atoms with Crippen molar-refractivity contribution in [1.82, 2.24) is 4.98 Å². The number of aromatic nitrogens is 1. The summed E-state index contributed by atoms with van der Waals surface area (Å²) in [5, 5.41) is 2.16. The third-order valence-corrected chi connectivity index (χ3v) is 9.18. The molecule has 0 aliphatic heterocycles. The highest BCUT2D eigenvalue weighted by Gasteiger charge is 2.27. The molecule has 1 aromatic heterocycles. The first-order chi connectivity index (χ1) is 19.3. The summed E-state index contributed by atoms with van der Waals surface area (Å²) in [6, 6.07) is 27.2. The fraction of sp³-hybridized carbons (Fsp3) is 0.314. The molecular formula is C35H36ClNO2S. The molecule has 0 bridgehead atoms. The summed E-state index contributed by atoms with van der Waals surface area (Å²) in [5.41, 5.74) is 5.98. The Morgan fingerprint density at radius 2 is 1.85 bits per heavy atom. The zero-order chi connectivity index (χ0) is 28.1. The van der Waals surface area contributed by atoms with Crippen molar-refractivity contribution in [2.75, 3.05) is 5.75 Å². The van der Waals surface area contributed by atoms with E-state index in [0.29, 0.717) is 10.3 Å². The van der Waals surface area contributed by atoms with Gasteiger partial charge in [0.15, 0.2) is 0 Å². The van der Waals surface area contributed by atoms with E-state index in [2.05, 4.69) is 72.4 Å². The van der Waals surface area contributed by atoms with Crippen molar-refractivity contribution in [3.63, 3.8) is 0 Å². The summed E-state index contributed by atoms with van der Waals surface area (Å²) in [6.07, 6.45) is 8.86. The van der Waals surface area contributed by atoms with Gasteiger partial charge >= 0.3 is 5.97 Å². The number of pyridine rings is 1. The third kappa shape index (κ3) is 7.56. The first-order valence-corrected chi connectivity index (χ1v) is 15.4. The fourth-order valence-electron chi connectivity index (χ4n) is 5.15. The summed E-state index contributed by atoms with van der Waals surface area (Å²) in [7, 11) is 0. The Morgan fingerprint density at radius 3 is 2.65 bits per heavy atom. The van der Waals surface area contributed by atoms with Crippen molar-refractivity contribution in [2.24, 2.45) is 5.92 Å². The van der Waals surface area contributed by atoms with Crippen LogP contribution in [0.15, 0.2) is 78.9 Å². The van der Waals surface area contributed by atoms with Crippen LogP contribution < -0.4 is 0 Å². The quantitative estimate of drug-likeness (QED) is 0.168. The van der Waals surface area contributed by atoms with Crippen LogP contribution in [0.1, 0.15) is 73.2 Å². The van der Waals surface area contributed by atoms with Gasteiger partial charge < -0.3 is 4.74 Å². The first-order valence-electron chi connectivity index (χ1n) is 14.0. The molecule has 0 unspecified atom stereocenters. The Bertz CT molecular complexity index is 1530. The van der Waals surface area contributed by atoms with Gasteiger partial charge in [-0.1, -0.05) is 78.3 Å². The van der Waals surface area contributed by atoms with E-state index in [9.17, 15) is 4.79 Å². The highest BCUT2D eigenvalue weighted by molar-refractivity contribution is 7.99. The minimum atomic E-state index is -0.661. The Morgan fingerprint density at radius 1 is 1.05 bits per heavy atom. The summed E-state index contributed by atoms with van der Waals surface area (Å²) in [5.74, 6) is 1.80. The maximum atomic E-state index is 11.8. The van der Waals surface area contributed by atoms with E-state index in [0.717, 1.165) is 40.9 Å². The van der Waals surface area contributed by atoms with Gasteiger partial charge in [0, 0.05) is 22.6 Å². The van der Waals surface area contributed by atoms with Crippen LogP contribution in [0.2, 0.25) is 5.02 Å². The molecule has 1 atom stereocenters. The SMILES string of the molecule is CC(=O)OC(C)(C)c1ccccc1CC[C@H](SCC1CC1)c1cccc(/C=C/c2ccc3ccc(Cl)cc3n2)c1. The number of aryl methyl sites for hydroxylation is 1. The number of halogens is 1. The molecule has 4 aromatic rings. The van der Waals surface area contributed by atoms with E-state index < -0.39 is 5.60 Å². The Hall–Kier alpha value is -3.08. The summed E-state index contributed by atoms with van der Waals surface area (Å²) in [4.78, 5) is 16.5. The van der Waals surface area contributed by atoms with Gasteiger partial charge in [-0.05, 0) is 97.7 Å². The van der Waals surface area contributed by atoms with Crippen LogP contribution in [0.3, 0.4) is 0 Å². The van der Waals surface area contributed by atoms with Gasteiger partial charge in [-0.2, -0.15) is 11.8 Å². The lowest BCUT2D eigenvalue weighted by atomic mass is 9.90. The zero-order valence-electron chi connectivity index (χ0n) is 23.4. The van der Waals surface area contributed by atoms with E-state index in [1.165, 1.54) is 42.2 Å². The zero-order valence-corrected chi connectivity index (χ0v) is 25.0. The van der Waals surface area contributed by atoms with Gasteiger partial charge in [-0.3, -0.25) is 4.79 Å². The smallest absolute Gasteiger partial charge is 0.303 e. The number of nitrogens with zero attached hydrogens (tertiary/aromatic N) is 1. The summed E-state index contributed by atoms with van der Waals surface area (Å²) >= 11 is 8.26. The first kappa shape index (κ1) is 28.4. The molecule has 5 rings (SSSR count). The molecule has 1 saturated carbocycles. The van der Waals surface area contributed by atoms with Crippen molar-refractivity contribution in [3.05, 3.63) is 112 Å². The van der Waals surface area contributed by atoms with Crippen molar-refractivity contribution < 1.29 is 9.53 Å². The van der Waals surface area contributed by atoms with Crippen LogP contribution in [-0.4, -0.2) is 16.7 Å². The number of thioether (sulfide) groups is 1. The number of hydrogen-bond acceptors (Lipinski definition) is 4. The van der Waals surface area contributed by atoms with Crippen molar-refractivity contribution in [2.45, 2.75) is 57.3 Å². The van der Waals surface area contributed by atoms with Crippen molar-refractivity contribution >= 4 is 52.4 Å². The topological polar surface area (TPSA) is 39.2 Å². The molecule has 3 aromatic carbocycles. The number of ether oxygens (including phenoxy) is 1. The van der Waals surface area contributed by atoms with E-state index in [1.807, 2.05) is 44.2 Å². The molecule has 0 spiro atoms. The van der Waals surface area contributed by atoms with Crippen molar-refractivity contribution in [3.8, 4) is 0 Å². The number of esters is 1. The predicted octanol–water partition coefficient (Wildman–Crippen LogP) is 9.67. The molecule has 0 N–H and O–H groups in total. The van der Waals surface area contributed by atoms with E-state index in [-0.39, 0.29) is 5.97 Å². The van der Waals surface area contributed by atoms with Crippen LogP contribution >= 0.6 is 23.4 Å². The monoisotopic (exact) mass is 569 g/mol. The van der Waals surface area contributed by atoms with Crippen LogP contribution in [0.4, 0.5) is 0 Å². The number of hydrogen-bond donors (Lipinski definition) is 0. The van der Waals surface area contributed by atoms with Gasteiger partial charge in [0.2, 0.25) is 0 Å². The normalized spacial score (nSPS) is 14.5. The molecule has 206 valence electrons. The minimum absolute atomic E-state index is 0.259. The van der Waals surface area contributed by atoms with Gasteiger partial charge in [0.25, 0.3) is 0 Å². The van der Waals surface area contributed by atoms with Crippen LogP contribution in [0.25, 0.3) is 23.1 Å². The molecule has 0 amide bonds. The number of carbonyl (C=O) groups excluding carboxylic acids is 1. The lowest BCUT2D eigenvalue weighted by Crippen LogP contribution is -2.25. The highest BCUT2D eigenvalue weighted by atomic mass is 35.5. The molecular weight excluding hydrogens is 534 g/mol. The second-order valence-electron chi connectivity index (χ2n) is 11.1. The van der Waals surface area contributed by atoms with Gasteiger partial charge in [0.05, 0.1) is 11.2 Å². The molecule has 1 aliphatic rings. The lowest BCUT2D eigenvalue weighted by Gasteiger charge is -2.28. The molecule has 1 heterocycles. The van der Waals surface area contributed by atoms with Crippen LogP contribution in [-0.2, 0) is 21.6 Å². The average molecular weight is 570 g/mol. The van der Waals surface area contributed by atoms with Crippen LogP contribution in [0.5, 0.6) is 0 Å². The van der Waals surface area contributed by atoms with Gasteiger partial charge in [0.1, 0.15) is 5.60 Å². The fourth-order valence-corrected chi connectivity index (χ4v) is 6.78. The van der Waals surface area contributed by atoms with E-state index in [1.54, 1.807) is 0 Å². The maximum Gasteiger partial charge on any atom is 0.303 e. The highest BCUT2D eigenvalue weighted by Crippen LogP contribution is 2.41. The third-order valence-electron chi connectivity index (χ3n) is 7.38. The van der Waals surface area contributed by atoms with Crippen molar-refractivity contribution in [1.29, 1.82) is 0 Å². The molecule has 0 radical (unpaired) electrons. The minimum Gasteiger partial charge on any atom is -0.455 e. The summed E-state index contributed by atoms with van der Waals surface area (Å²) in [6.45, 7) is 5.42. The molecule has 3 nitrogen and oxygen atoms in total. The Balaban J connectivity index is 1.34. The van der Waals surface area contributed by atoms with Gasteiger partial charge in [-0.25, -0.2) is 4.98 Å². The molecule has 5 heteroatoms. The number of rotatable bonds is 11. The van der Waals surface area contributed by atoms with E-state index >= 15 is 0 Å². The molecule has 1 fully saturated rings. The average Bonchev–Trinajstić information content (AvgIpc) is 3.76. The molecule has 40 heavy (non-hydrogen) atoms. The number of carbonyl (C=O) groups is 1. The molecule has 1 aliphatic carbocycles. The van der Waals surface area contributed by atoms with E-state index in [4.69, 9.17) is 21.3 Å². The maximum absolute atomic E-state index is 11.8. The second-order valence-corrected chi connectivity index (χ2v) is 12.8. The number of benzene rings is 3. The summed E-state index contributed by atoms with van der Waals surface area (Å²) < 4.78 is 5.69. The van der Waals surface area contributed by atoms with Gasteiger partial charge in [-0.15, -0.1) is 0 Å². The van der Waals surface area contributed by atoms with Crippen LogP contribution in [0, 0.1) is 5.92 Å². The largest absolute Gasteiger partial charge is 0.455 e. The Labute approximate surface area is 247 Å². The molecule has 0 saturated heterocycles. The standard InChI is InChI=1S/C35H36ClNO2S/c1-24(38)39-35(2,3)32-10-5-4-8-27(32)16-20-34(40-23-26-11-12-26)29-9-6-7-25(21-29)13-18-31-19-15-28-14-17-30(36)22-33(28)37-31/h4-10,13-15,17-19,21-22,26,34H,11-12,16,20,23H2,1-3H3/b18-13+/t34-/m0/s1. The Kier molecular flexibility index (Phi) is 8.97. The second kappa shape index (κ2) is 12.6. The number of fused-ring (bicyclic) bond motifs is 1. The lowest BCUT2D eigenvalue weighted by molar-refractivity contribution is -0.154. The predicted molar refractivity (Wildman–Crippen MR) is 170 cm³/mol.